The maximum atomic E-state index is 13.1. The van der Waals surface area contributed by atoms with Gasteiger partial charge in [0, 0.05) is 11.7 Å². The Hall–Kier alpha value is -1.42. The molecule has 1 unspecified atom stereocenters. The lowest BCUT2D eigenvalue weighted by atomic mass is 9.80. The van der Waals surface area contributed by atoms with Gasteiger partial charge in [0.25, 0.3) is 0 Å². The summed E-state index contributed by atoms with van der Waals surface area (Å²) in [4.78, 5) is 15.3. The molecule has 108 valence electrons. The average Bonchev–Trinajstić information content (AvgIpc) is 2.75. The molecule has 0 spiro atoms. The molecule has 0 fully saturated rings. The van der Waals surface area contributed by atoms with Crippen LogP contribution in [0.3, 0.4) is 0 Å². The number of benzene rings is 1. The molecule has 1 atom stereocenters. The van der Waals surface area contributed by atoms with E-state index in [9.17, 15) is 4.79 Å². The fourth-order valence-electron chi connectivity index (χ4n) is 3.11. The first kappa shape index (κ1) is 15.0. The van der Waals surface area contributed by atoms with Gasteiger partial charge in [-0.3, -0.25) is 4.79 Å². The molecule has 1 aromatic rings. The minimum absolute atomic E-state index is 0.0486. The smallest absolute Gasteiger partial charge is 0.240 e. The van der Waals surface area contributed by atoms with Crippen LogP contribution in [0.1, 0.15) is 39.2 Å². The first-order valence-electron chi connectivity index (χ1n) is 7.19. The monoisotopic (exact) mass is 290 g/mol. The molecule has 4 heteroatoms. The van der Waals surface area contributed by atoms with E-state index >= 15 is 0 Å². The summed E-state index contributed by atoms with van der Waals surface area (Å²) in [5.74, 6) is 0.0486. The highest BCUT2D eigenvalue weighted by Crippen LogP contribution is 2.38. The van der Waals surface area contributed by atoms with Crippen molar-refractivity contribution in [3.05, 3.63) is 29.8 Å². The van der Waals surface area contributed by atoms with Gasteiger partial charge < -0.3 is 10.6 Å². The SMILES string of the molecule is CCC(CC)(C(=O)N1c2ccccc2CC1C)C(N)=S. The van der Waals surface area contributed by atoms with Crippen molar-refractivity contribution in [2.24, 2.45) is 11.1 Å². The van der Waals surface area contributed by atoms with E-state index in [1.165, 1.54) is 5.56 Å². The normalized spacial score (nSPS) is 17.9. The third kappa shape index (κ3) is 2.12. The zero-order chi connectivity index (χ0) is 14.9. The van der Waals surface area contributed by atoms with Gasteiger partial charge in [-0.15, -0.1) is 0 Å². The molecular formula is C16H22N2OS. The van der Waals surface area contributed by atoms with Crippen molar-refractivity contribution in [2.75, 3.05) is 4.90 Å². The van der Waals surface area contributed by atoms with Crippen LogP contribution in [0.4, 0.5) is 5.69 Å². The standard InChI is InChI=1S/C16H22N2OS/c1-4-16(5-2,14(17)20)15(19)18-11(3)10-12-8-6-7-9-13(12)18/h6-9,11H,4-5,10H2,1-3H3,(H2,17,20). The predicted molar refractivity (Wildman–Crippen MR) is 86.9 cm³/mol. The molecule has 2 rings (SSSR count). The van der Waals surface area contributed by atoms with Crippen LogP contribution in [0.2, 0.25) is 0 Å². The second kappa shape index (κ2) is 5.52. The molecule has 0 bridgehead atoms. The summed E-state index contributed by atoms with van der Waals surface area (Å²) in [7, 11) is 0. The van der Waals surface area contributed by atoms with Crippen molar-refractivity contribution in [3.8, 4) is 0 Å². The van der Waals surface area contributed by atoms with E-state index in [0.717, 1.165) is 12.1 Å². The molecule has 0 aliphatic carbocycles. The summed E-state index contributed by atoms with van der Waals surface area (Å²) in [6, 6.07) is 8.23. The Morgan fingerprint density at radius 3 is 2.55 bits per heavy atom. The molecule has 1 aromatic carbocycles. The Labute approximate surface area is 126 Å². The molecule has 2 N–H and O–H groups in total. The van der Waals surface area contributed by atoms with E-state index in [0.29, 0.717) is 17.8 Å². The summed E-state index contributed by atoms with van der Waals surface area (Å²) in [5.41, 5.74) is 7.42. The molecule has 0 aromatic heterocycles. The number of carbonyl (C=O) groups excluding carboxylic acids is 1. The lowest BCUT2D eigenvalue weighted by Gasteiger charge is -2.35. The number of anilines is 1. The van der Waals surface area contributed by atoms with E-state index in [4.69, 9.17) is 18.0 Å². The molecule has 3 nitrogen and oxygen atoms in total. The average molecular weight is 290 g/mol. The third-order valence-electron chi connectivity index (χ3n) is 4.51. The summed E-state index contributed by atoms with van der Waals surface area (Å²) in [6.07, 6.45) is 2.18. The van der Waals surface area contributed by atoms with Crippen molar-refractivity contribution in [2.45, 2.75) is 46.1 Å². The Bertz CT molecular complexity index is 537. The summed E-state index contributed by atoms with van der Waals surface area (Å²) < 4.78 is 0. The summed E-state index contributed by atoms with van der Waals surface area (Å²) in [5, 5.41) is 0. The molecule has 1 heterocycles. The lowest BCUT2D eigenvalue weighted by molar-refractivity contribution is -0.125. The first-order valence-corrected chi connectivity index (χ1v) is 7.60. The maximum Gasteiger partial charge on any atom is 0.240 e. The number of thiocarbonyl (C=S) groups is 1. The van der Waals surface area contributed by atoms with Gasteiger partial charge in [0.2, 0.25) is 5.91 Å². The lowest BCUT2D eigenvalue weighted by Crippen LogP contribution is -2.52. The number of hydrogen-bond acceptors (Lipinski definition) is 2. The Kier molecular flexibility index (Phi) is 4.14. The third-order valence-corrected chi connectivity index (χ3v) is 4.90. The van der Waals surface area contributed by atoms with Crippen LogP contribution in [0.5, 0.6) is 0 Å². The van der Waals surface area contributed by atoms with Crippen LogP contribution in [-0.2, 0) is 11.2 Å². The minimum atomic E-state index is -0.721. The molecule has 20 heavy (non-hydrogen) atoms. The fraction of sp³-hybridized carbons (Fsp3) is 0.500. The van der Waals surface area contributed by atoms with Crippen molar-refractivity contribution < 1.29 is 4.79 Å². The van der Waals surface area contributed by atoms with Crippen LogP contribution in [0, 0.1) is 5.41 Å². The molecule has 1 amide bonds. The minimum Gasteiger partial charge on any atom is -0.392 e. The van der Waals surface area contributed by atoms with E-state index < -0.39 is 5.41 Å². The van der Waals surface area contributed by atoms with Crippen LogP contribution < -0.4 is 10.6 Å². The van der Waals surface area contributed by atoms with Gasteiger partial charge in [-0.2, -0.15) is 0 Å². The van der Waals surface area contributed by atoms with Gasteiger partial charge in [0.05, 0.1) is 10.4 Å². The van der Waals surface area contributed by atoms with Gasteiger partial charge in [-0.05, 0) is 37.8 Å². The Morgan fingerprint density at radius 2 is 2.00 bits per heavy atom. The zero-order valence-corrected chi connectivity index (χ0v) is 13.2. The number of para-hydroxylation sites is 1. The van der Waals surface area contributed by atoms with E-state index in [2.05, 4.69) is 13.0 Å². The highest BCUT2D eigenvalue weighted by molar-refractivity contribution is 7.80. The highest BCUT2D eigenvalue weighted by atomic mass is 32.1. The summed E-state index contributed by atoms with van der Waals surface area (Å²) >= 11 is 5.21. The molecule has 0 radical (unpaired) electrons. The largest absolute Gasteiger partial charge is 0.392 e. The van der Waals surface area contributed by atoms with Gasteiger partial charge in [-0.25, -0.2) is 0 Å². The number of rotatable bonds is 4. The van der Waals surface area contributed by atoms with E-state index in [1.54, 1.807) is 0 Å². The Balaban J connectivity index is 2.45. The van der Waals surface area contributed by atoms with Crippen LogP contribution >= 0.6 is 12.2 Å². The first-order chi connectivity index (χ1) is 9.47. The number of hydrogen-bond donors (Lipinski definition) is 1. The second-order valence-corrected chi connectivity index (χ2v) is 5.95. The van der Waals surface area contributed by atoms with Crippen molar-refractivity contribution in [1.82, 2.24) is 0 Å². The second-order valence-electron chi connectivity index (χ2n) is 5.51. The number of amides is 1. The summed E-state index contributed by atoms with van der Waals surface area (Å²) in [6.45, 7) is 6.04. The van der Waals surface area contributed by atoms with Crippen molar-refractivity contribution >= 4 is 28.8 Å². The van der Waals surface area contributed by atoms with Gasteiger partial charge in [0.15, 0.2) is 0 Å². The molecule has 1 aliphatic rings. The molecule has 1 aliphatic heterocycles. The number of nitrogens with zero attached hydrogens (tertiary/aromatic N) is 1. The number of fused-ring (bicyclic) bond motifs is 1. The van der Waals surface area contributed by atoms with E-state index in [-0.39, 0.29) is 11.9 Å². The Morgan fingerprint density at radius 1 is 1.40 bits per heavy atom. The van der Waals surface area contributed by atoms with Crippen LogP contribution in [0.15, 0.2) is 24.3 Å². The molecule has 0 saturated heterocycles. The quantitative estimate of drug-likeness (QED) is 0.867. The highest BCUT2D eigenvalue weighted by Gasteiger charge is 2.44. The van der Waals surface area contributed by atoms with Crippen LogP contribution in [-0.4, -0.2) is 16.9 Å². The molecule has 0 saturated carbocycles. The zero-order valence-electron chi connectivity index (χ0n) is 12.3. The van der Waals surface area contributed by atoms with Crippen LogP contribution in [0.25, 0.3) is 0 Å². The van der Waals surface area contributed by atoms with E-state index in [1.807, 2.05) is 36.9 Å². The van der Waals surface area contributed by atoms with Gasteiger partial charge >= 0.3 is 0 Å². The van der Waals surface area contributed by atoms with Gasteiger partial charge in [0.1, 0.15) is 0 Å². The fourth-order valence-corrected chi connectivity index (χ4v) is 3.49. The van der Waals surface area contributed by atoms with Gasteiger partial charge in [-0.1, -0.05) is 44.3 Å². The molecular weight excluding hydrogens is 268 g/mol. The number of nitrogens with two attached hydrogens (primary N) is 1. The maximum absolute atomic E-state index is 13.1. The van der Waals surface area contributed by atoms with Crippen molar-refractivity contribution in [1.29, 1.82) is 0 Å². The number of carbonyl (C=O) groups is 1. The van der Waals surface area contributed by atoms with Crippen molar-refractivity contribution in [3.63, 3.8) is 0 Å². The topological polar surface area (TPSA) is 46.3 Å². The predicted octanol–water partition coefficient (Wildman–Crippen LogP) is 3.06.